The molecule has 6 rings (SSSR count). The van der Waals surface area contributed by atoms with Crippen LogP contribution in [-0.4, -0.2) is 94.8 Å². The molecule has 2 aromatic carbocycles. The van der Waals surface area contributed by atoms with Crippen molar-refractivity contribution in [3.63, 3.8) is 0 Å². The predicted octanol–water partition coefficient (Wildman–Crippen LogP) is 3.08. The average Bonchev–Trinajstić information content (AvgIpc) is 3.64. The van der Waals surface area contributed by atoms with Gasteiger partial charge in [0.25, 0.3) is 11.8 Å². The molecule has 9 heteroatoms. The Morgan fingerprint density at radius 3 is 2.50 bits per heavy atom. The van der Waals surface area contributed by atoms with Crippen LogP contribution >= 0.6 is 0 Å². The van der Waals surface area contributed by atoms with E-state index in [-0.39, 0.29) is 18.4 Å². The summed E-state index contributed by atoms with van der Waals surface area (Å²) in [6, 6.07) is 11.8. The number of fused-ring (bicyclic) bond motifs is 2. The van der Waals surface area contributed by atoms with Gasteiger partial charge >= 0.3 is 0 Å². The van der Waals surface area contributed by atoms with E-state index in [1.165, 1.54) is 11.1 Å². The Hall–Kier alpha value is -3.46. The summed E-state index contributed by atoms with van der Waals surface area (Å²) in [4.78, 5) is 32.6. The highest BCUT2D eigenvalue weighted by Crippen LogP contribution is 2.35. The summed E-state index contributed by atoms with van der Waals surface area (Å²) in [5.74, 6) is 2.22. The molecule has 38 heavy (non-hydrogen) atoms. The lowest BCUT2D eigenvalue weighted by molar-refractivity contribution is -0.133. The smallest absolute Gasteiger partial charge is 0.260 e. The lowest BCUT2D eigenvalue weighted by Gasteiger charge is -2.23. The van der Waals surface area contributed by atoms with Gasteiger partial charge in [-0.2, -0.15) is 0 Å². The van der Waals surface area contributed by atoms with Gasteiger partial charge in [0, 0.05) is 44.2 Å². The Kier molecular flexibility index (Phi) is 6.78. The van der Waals surface area contributed by atoms with Crippen LogP contribution in [0.1, 0.15) is 46.7 Å². The van der Waals surface area contributed by atoms with Crippen molar-refractivity contribution >= 4 is 22.8 Å². The van der Waals surface area contributed by atoms with Crippen molar-refractivity contribution in [3.05, 3.63) is 53.1 Å². The zero-order valence-corrected chi connectivity index (χ0v) is 22.2. The highest BCUT2D eigenvalue weighted by molar-refractivity contribution is 5.97. The van der Waals surface area contributed by atoms with E-state index >= 15 is 0 Å². The molecule has 3 fully saturated rings. The Balaban J connectivity index is 1.04. The van der Waals surface area contributed by atoms with Crippen molar-refractivity contribution in [2.24, 2.45) is 11.8 Å². The normalized spacial score (nSPS) is 24.0. The second-order valence-electron chi connectivity index (χ2n) is 11.3. The van der Waals surface area contributed by atoms with E-state index in [1.807, 2.05) is 28.0 Å². The van der Waals surface area contributed by atoms with Crippen LogP contribution in [0.15, 0.2) is 36.4 Å². The lowest BCUT2D eigenvalue weighted by Crippen LogP contribution is -2.37. The number of aromatic amines is 1. The number of carbonyl (C=O) groups excluding carboxylic acids is 2. The van der Waals surface area contributed by atoms with Gasteiger partial charge in [-0.1, -0.05) is 22.9 Å². The standard InChI is InChI=1S/C29H36N6O3/c1-19-3-6-27(24(13-19)23-7-10-33(2)15-23)38-18-28(36)34-11-8-21-16-35(17-22(21)9-12-34)29(37)20-4-5-25-26(14-20)31-32-30-25/h3-6,13-14,21-23H,7-12,15-18H2,1-2H3,(H,30,31,32)/t21-,22+,23?. The molecule has 0 spiro atoms. The second-order valence-corrected chi connectivity index (χ2v) is 11.3. The fourth-order valence-electron chi connectivity index (χ4n) is 6.46. The number of ether oxygens (including phenoxy) is 1. The van der Waals surface area contributed by atoms with Crippen LogP contribution < -0.4 is 4.74 Å². The van der Waals surface area contributed by atoms with Crippen LogP contribution in [-0.2, 0) is 4.79 Å². The fraction of sp³-hybridized carbons (Fsp3) is 0.517. The molecule has 4 heterocycles. The number of amides is 2. The van der Waals surface area contributed by atoms with E-state index in [2.05, 4.69) is 46.4 Å². The summed E-state index contributed by atoms with van der Waals surface area (Å²) in [6.07, 6.45) is 2.94. The first-order valence-electron chi connectivity index (χ1n) is 13.7. The third-order valence-corrected chi connectivity index (χ3v) is 8.68. The van der Waals surface area contributed by atoms with E-state index in [1.54, 1.807) is 6.07 Å². The molecule has 1 N–H and O–H groups in total. The van der Waals surface area contributed by atoms with Crippen molar-refractivity contribution < 1.29 is 14.3 Å². The Morgan fingerprint density at radius 1 is 0.974 bits per heavy atom. The summed E-state index contributed by atoms with van der Waals surface area (Å²) in [5.41, 5.74) is 4.62. The Morgan fingerprint density at radius 2 is 1.76 bits per heavy atom. The number of likely N-dealkylation sites (N-methyl/N-ethyl adjacent to an activating group) is 1. The van der Waals surface area contributed by atoms with Gasteiger partial charge in [-0.05, 0) is 81.4 Å². The molecular formula is C29H36N6O3. The number of H-pyrrole nitrogens is 1. The topological polar surface area (TPSA) is 94.7 Å². The number of hydrogen-bond donors (Lipinski definition) is 1. The van der Waals surface area contributed by atoms with Crippen LogP contribution in [0.4, 0.5) is 0 Å². The monoisotopic (exact) mass is 516 g/mol. The van der Waals surface area contributed by atoms with E-state index in [0.717, 1.165) is 56.7 Å². The summed E-state index contributed by atoms with van der Waals surface area (Å²) >= 11 is 0. The number of likely N-dealkylation sites (tertiary alicyclic amines) is 3. The number of nitrogens with one attached hydrogen (secondary N) is 1. The van der Waals surface area contributed by atoms with Crippen LogP contribution in [0.25, 0.3) is 11.0 Å². The minimum atomic E-state index is 0.0478. The van der Waals surface area contributed by atoms with Gasteiger partial charge < -0.3 is 19.4 Å². The van der Waals surface area contributed by atoms with Gasteiger partial charge in [-0.25, -0.2) is 0 Å². The number of carbonyl (C=O) groups is 2. The summed E-state index contributed by atoms with van der Waals surface area (Å²) in [7, 11) is 2.15. The molecule has 3 aromatic rings. The summed E-state index contributed by atoms with van der Waals surface area (Å²) in [6.45, 7) is 7.19. The highest BCUT2D eigenvalue weighted by atomic mass is 16.5. The first-order chi connectivity index (χ1) is 18.4. The van der Waals surface area contributed by atoms with E-state index < -0.39 is 0 Å². The molecule has 2 amide bonds. The third-order valence-electron chi connectivity index (χ3n) is 8.68. The SMILES string of the molecule is Cc1ccc(OCC(=O)N2CC[C@@H]3CN(C(=O)c4ccc5[nH]nnc5c4)C[C@@H]3CC2)c(C2CCN(C)C2)c1. The zero-order chi connectivity index (χ0) is 26.2. The van der Waals surface area contributed by atoms with Crippen molar-refractivity contribution in [1.82, 2.24) is 30.1 Å². The van der Waals surface area contributed by atoms with E-state index in [0.29, 0.717) is 41.9 Å². The lowest BCUT2D eigenvalue weighted by atomic mass is 9.92. The number of aryl methyl sites for hydroxylation is 1. The molecule has 3 aliphatic rings. The minimum Gasteiger partial charge on any atom is -0.483 e. The largest absolute Gasteiger partial charge is 0.483 e. The number of benzene rings is 2. The molecule has 1 aromatic heterocycles. The number of rotatable bonds is 5. The Bertz CT molecular complexity index is 1320. The molecule has 9 nitrogen and oxygen atoms in total. The Labute approximate surface area is 223 Å². The quantitative estimate of drug-likeness (QED) is 0.560. The van der Waals surface area contributed by atoms with Gasteiger partial charge in [-0.3, -0.25) is 14.7 Å². The van der Waals surface area contributed by atoms with Gasteiger partial charge in [0.05, 0.1) is 5.52 Å². The van der Waals surface area contributed by atoms with Crippen LogP contribution in [0.2, 0.25) is 0 Å². The highest BCUT2D eigenvalue weighted by Gasteiger charge is 2.38. The maximum atomic E-state index is 13.2. The third kappa shape index (κ3) is 4.99. The summed E-state index contributed by atoms with van der Waals surface area (Å²) in [5, 5.41) is 10.7. The zero-order valence-electron chi connectivity index (χ0n) is 22.2. The first-order valence-corrected chi connectivity index (χ1v) is 13.7. The molecule has 200 valence electrons. The fourth-order valence-corrected chi connectivity index (χ4v) is 6.46. The van der Waals surface area contributed by atoms with E-state index in [9.17, 15) is 9.59 Å². The predicted molar refractivity (Wildman–Crippen MR) is 144 cm³/mol. The van der Waals surface area contributed by atoms with Crippen LogP contribution in [0.5, 0.6) is 5.75 Å². The van der Waals surface area contributed by atoms with Crippen molar-refractivity contribution in [2.45, 2.75) is 32.1 Å². The number of aromatic nitrogens is 3. The van der Waals surface area contributed by atoms with Gasteiger partial charge in [0.2, 0.25) is 0 Å². The van der Waals surface area contributed by atoms with Crippen LogP contribution in [0, 0.1) is 18.8 Å². The van der Waals surface area contributed by atoms with Crippen molar-refractivity contribution in [1.29, 1.82) is 0 Å². The second kappa shape index (κ2) is 10.4. The van der Waals surface area contributed by atoms with Crippen LogP contribution in [0.3, 0.4) is 0 Å². The number of hydrogen-bond acceptors (Lipinski definition) is 6. The molecule has 1 unspecified atom stereocenters. The average molecular weight is 517 g/mol. The summed E-state index contributed by atoms with van der Waals surface area (Å²) < 4.78 is 6.14. The molecule has 3 saturated heterocycles. The molecule has 3 aliphatic heterocycles. The van der Waals surface area contributed by atoms with Gasteiger partial charge in [0.15, 0.2) is 6.61 Å². The molecule has 0 saturated carbocycles. The maximum absolute atomic E-state index is 13.2. The molecule has 0 bridgehead atoms. The molecule has 0 radical (unpaired) electrons. The molecule has 3 atom stereocenters. The van der Waals surface area contributed by atoms with Crippen molar-refractivity contribution in [3.8, 4) is 5.75 Å². The molecular weight excluding hydrogens is 480 g/mol. The van der Waals surface area contributed by atoms with E-state index in [4.69, 9.17) is 4.74 Å². The minimum absolute atomic E-state index is 0.0478. The van der Waals surface area contributed by atoms with Crippen molar-refractivity contribution in [2.75, 3.05) is 52.9 Å². The first kappa shape index (κ1) is 24.9. The van der Waals surface area contributed by atoms with Gasteiger partial charge in [-0.15, -0.1) is 5.10 Å². The molecule has 0 aliphatic carbocycles. The van der Waals surface area contributed by atoms with Gasteiger partial charge in [0.1, 0.15) is 11.3 Å². The maximum Gasteiger partial charge on any atom is 0.260 e. The number of nitrogens with zero attached hydrogens (tertiary/aromatic N) is 5.